The van der Waals surface area contributed by atoms with E-state index in [4.69, 9.17) is 0 Å². The number of hydrogen-bond donors (Lipinski definition) is 2. The van der Waals surface area contributed by atoms with Gasteiger partial charge in [0, 0.05) is 18.9 Å². The Morgan fingerprint density at radius 1 is 1.26 bits per heavy atom. The standard InChI is InChI=1S/C17H19F2N3O/c1-11-10-20-7-5-13(11)6-8-21-17(23)22-12(2)14-3-4-15(18)16(19)9-14/h3-5,7,9-10,12H,6,8H2,1-2H3,(H2,21,22,23)/t12-/m0/s1. The number of urea groups is 1. The molecule has 1 heterocycles. The van der Waals surface area contributed by atoms with E-state index in [-0.39, 0.29) is 6.03 Å². The van der Waals surface area contributed by atoms with Crippen molar-refractivity contribution in [1.82, 2.24) is 15.6 Å². The first kappa shape index (κ1) is 16.9. The molecule has 2 aromatic rings. The lowest BCUT2D eigenvalue weighted by Crippen LogP contribution is -2.38. The molecule has 122 valence electrons. The molecule has 0 unspecified atom stereocenters. The molecule has 1 aromatic heterocycles. The van der Waals surface area contributed by atoms with Gasteiger partial charge in [-0.1, -0.05) is 6.07 Å². The molecule has 0 bridgehead atoms. The van der Waals surface area contributed by atoms with Crippen molar-refractivity contribution in [2.75, 3.05) is 6.54 Å². The number of nitrogens with zero attached hydrogens (tertiary/aromatic N) is 1. The monoisotopic (exact) mass is 319 g/mol. The Labute approximate surface area is 133 Å². The zero-order valence-electron chi connectivity index (χ0n) is 13.1. The van der Waals surface area contributed by atoms with Crippen LogP contribution in [0.25, 0.3) is 0 Å². The molecular weight excluding hydrogens is 300 g/mol. The van der Waals surface area contributed by atoms with E-state index in [1.807, 2.05) is 13.0 Å². The van der Waals surface area contributed by atoms with Gasteiger partial charge in [0.1, 0.15) is 0 Å². The summed E-state index contributed by atoms with van der Waals surface area (Å²) >= 11 is 0. The predicted octanol–water partition coefficient (Wildman–Crippen LogP) is 3.27. The van der Waals surface area contributed by atoms with E-state index in [1.54, 1.807) is 19.3 Å². The van der Waals surface area contributed by atoms with Gasteiger partial charge in [0.25, 0.3) is 0 Å². The van der Waals surface area contributed by atoms with Crippen LogP contribution in [-0.2, 0) is 6.42 Å². The van der Waals surface area contributed by atoms with Gasteiger partial charge in [-0.05, 0) is 55.2 Å². The first-order valence-electron chi connectivity index (χ1n) is 7.36. The van der Waals surface area contributed by atoms with E-state index < -0.39 is 17.7 Å². The van der Waals surface area contributed by atoms with Crippen LogP contribution in [0, 0.1) is 18.6 Å². The second kappa shape index (κ2) is 7.67. The zero-order valence-corrected chi connectivity index (χ0v) is 13.1. The average Bonchev–Trinajstić information content (AvgIpc) is 2.51. The van der Waals surface area contributed by atoms with Gasteiger partial charge in [0.05, 0.1) is 6.04 Å². The van der Waals surface area contributed by atoms with Crippen LogP contribution >= 0.6 is 0 Å². The summed E-state index contributed by atoms with van der Waals surface area (Å²) in [4.78, 5) is 15.9. The summed E-state index contributed by atoms with van der Waals surface area (Å²) in [5.41, 5.74) is 2.70. The van der Waals surface area contributed by atoms with Gasteiger partial charge >= 0.3 is 6.03 Å². The third-order valence-electron chi connectivity index (χ3n) is 3.61. The number of aromatic nitrogens is 1. The summed E-state index contributed by atoms with van der Waals surface area (Å²) < 4.78 is 26.1. The molecule has 0 fully saturated rings. The quantitative estimate of drug-likeness (QED) is 0.889. The van der Waals surface area contributed by atoms with Gasteiger partial charge in [0.2, 0.25) is 0 Å². The highest BCUT2D eigenvalue weighted by Crippen LogP contribution is 2.15. The smallest absolute Gasteiger partial charge is 0.315 e. The lowest BCUT2D eigenvalue weighted by molar-refractivity contribution is 0.238. The maximum absolute atomic E-state index is 13.2. The second-order valence-corrected chi connectivity index (χ2v) is 5.35. The number of hydrogen-bond acceptors (Lipinski definition) is 2. The molecular formula is C17H19F2N3O. The first-order valence-corrected chi connectivity index (χ1v) is 7.36. The number of pyridine rings is 1. The Morgan fingerprint density at radius 3 is 2.74 bits per heavy atom. The van der Waals surface area contributed by atoms with Crippen molar-refractivity contribution in [3.8, 4) is 0 Å². The molecule has 1 atom stereocenters. The summed E-state index contributed by atoms with van der Waals surface area (Å²) in [5.74, 6) is -1.83. The fraction of sp³-hybridized carbons (Fsp3) is 0.294. The van der Waals surface area contributed by atoms with Crippen molar-refractivity contribution >= 4 is 6.03 Å². The van der Waals surface area contributed by atoms with E-state index >= 15 is 0 Å². The number of rotatable bonds is 5. The summed E-state index contributed by atoms with van der Waals surface area (Å²) in [6, 6.07) is 4.72. The number of amides is 2. The molecule has 0 saturated heterocycles. The highest BCUT2D eigenvalue weighted by atomic mass is 19.2. The van der Waals surface area contributed by atoms with Crippen molar-refractivity contribution in [3.63, 3.8) is 0 Å². The molecule has 0 aliphatic rings. The minimum Gasteiger partial charge on any atom is -0.338 e. The molecule has 0 saturated carbocycles. The molecule has 4 nitrogen and oxygen atoms in total. The number of halogens is 2. The third kappa shape index (κ3) is 4.74. The zero-order chi connectivity index (χ0) is 16.8. The van der Waals surface area contributed by atoms with E-state index in [0.717, 1.165) is 23.3 Å². The van der Waals surface area contributed by atoms with Crippen molar-refractivity contribution in [2.24, 2.45) is 0 Å². The lowest BCUT2D eigenvalue weighted by Gasteiger charge is -2.15. The fourth-order valence-corrected chi connectivity index (χ4v) is 2.21. The van der Waals surface area contributed by atoms with Crippen LogP contribution < -0.4 is 10.6 Å². The largest absolute Gasteiger partial charge is 0.338 e. The van der Waals surface area contributed by atoms with E-state index in [0.29, 0.717) is 18.5 Å². The number of aryl methyl sites for hydroxylation is 1. The van der Waals surface area contributed by atoms with Crippen molar-refractivity contribution in [3.05, 3.63) is 65.0 Å². The Bertz CT molecular complexity index is 691. The van der Waals surface area contributed by atoms with Gasteiger partial charge in [-0.2, -0.15) is 0 Å². The molecule has 6 heteroatoms. The van der Waals surface area contributed by atoms with Gasteiger partial charge < -0.3 is 10.6 Å². The number of carbonyl (C=O) groups is 1. The first-order chi connectivity index (χ1) is 11.0. The molecule has 2 rings (SSSR count). The Kier molecular flexibility index (Phi) is 5.62. The van der Waals surface area contributed by atoms with Crippen molar-refractivity contribution in [2.45, 2.75) is 26.3 Å². The Balaban J connectivity index is 1.82. The van der Waals surface area contributed by atoms with E-state index in [1.165, 1.54) is 6.07 Å². The SMILES string of the molecule is Cc1cnccc1CCNC(=O)N[C@@H](C)c1ccc(F)c(F)c1. The lowest BCUT2D eigenvalue weighted by atomic mass is 10.1. The average molecular weight is 319 g/mol. The molecule has 0 aliphatic heterocycles. The molecule has 0 aliphatic carbocycles. The molecule has 2 amide bonds. The number of nitrogens with one attached hydrogen (secondary N) is 2. The van der Waals surface area contributed by atoms with Crippen LogP contribution in [0.3, 0.4) is 0 Å². The topological polar surface area (TPSA) is 54.0 Å². The molecule has 2 N–H and O–H groups in total. The fourth-order valence-electron chi connectivity index (χ4n) is 2.21. The molecule has 23 heavy (non-hydrogen) atoms. The Hall–Kier alpha value is -2.50. The van der Waals surface area contributed by atoms with Gasteiger partial charge in [-0.15, -0.1) is 0 Å². The molecule has 0 spiro atoms. The number of benzene rings is 1. The summed E-state index contributed by atoms with van der Waals surface area (Å²) in [6.45, 7) is 4.15. The van der Waals surface area contributed by atoms with Crippen LogP contribution in [0.2, 0.25) is 0 Å². The summed E-state index contributed by atoms with van der Waals surface area (Å²) in [7, 11) is 0. The van der Waals surface area contributed by atoms with Crippen LogP contribution in [0.4, 0.5) is 13.6 Å². The van der Waals surface area contributed by atoms with Crippen LogP contribution in [0.5, 0.6) is 0 Å². The minimum absolute atomic E-state index is 0.353. The predicted molar refractivity (Wildman–Crippen MR) is 84.0 cm³/mol. The minimum atomic E-state index is -0.926. The van der Waals surface area contributed by atoms with E-state index in [9.17, 15) is 13.6 Å². The van der Waals surface area contributed by atoms with Crippen LogP contribution in [0.15, 0.2) is 36.7 Å². The normalized spacial score (nSPS) is 11.8. The van der Waals surface area contributed by atoms with Crippen LogP contribution in [-0.4, -0.2) is 17.6 Å². The number of carbonyl (C=O) groups excluding carboxylic acids is 1. The maximum atomic E-state index is 13.2. The molecule has 1 aromatic carbocycles. The maximum Gasteiger partial charge on any atom is 0.315 e. The summed E-state index contributed by atoms with van der Waals surface area (Å²) in [5, 5.41) is 5.44. The van der Waals surface area contributed by atoms with Gasteiger partial charge in [-0.25, -0.2) is 13.6 Å². The second-order valence-electron chi connectivity index (χ2n) is 5.35. The van der Waals surface area contributed by atoms with Gasteiger partial charge in [-0.3, -0.25) is 4.98 Å². The van der Waals surface area contributed by atoms with Crippen LogP contribution in [0.1, 0.15) is 29.7 Å². The summed E-state index contributed by atoms with van der Waals surface area (Å²) in [6.07, 6.45) is 4.19. The van der Waals surface area contributed by atoms with E-state index in [2.05, 4.69) is 15.6 Å². The van der Waals surface area contributed by atoms with Gasteiger partial charge in [0.15, 0.2) is 11.6 Å². The highest BCUT2D eigenvalue weighted by molar-refractivity contribution is 5.74. The Morgan fingerprint density at radius 2 is 2.04 bits per heavy atom. The van der Waals surface area contributed by atoms with Crippen molar-refractivity contribution in [1.29, 1.82) is 0 Å². The van der Waals surface area contributed by atoms with Crippen molar-refractivity contribution < 1.29 is 13.6 Å². The third-order valence-corrected chi connectivity index (χ3v) is 3.61. The highest BCUT2D eigenvalue weighted by Gasteiger charge is 2.11. The molecule has 0 radical (unpaired) electrons.